The van der Waals surface area contributed by atoms with Gasteiger partial charge in [0.15, 0.2) is 0 Å². The number of hydrogen-bond donors (Lipinski definition) is 1. The Morgan fingerprint density at radius 2 is 1.61 bits per heavy atom. The van der Waals surface area contributed by atoms with Gasteiger partial charge in [0, 0.05) is 35.2 Å². The van der Waals surface area contributed by atoms with Crippen molar-refractivity contribution in [1.29, 1.82) is 0 Å². The number of rotatable bonds is 5. The minimum atomic E-state index is -4.03. The summed E-state index contributed by atoms with van der Waals surface area (Å²) in [7, 11) is -4.03. The standard InChI is InChI=1S/C28H25Cl2N3O3S2/c1-17-2-4-19(5-3-17)26-25(18-6-9-22(29)10-7-18)32-27(37-26)20-12-14-33(15-13-20)28(34)21-8-11-23(30)24(16-21)38(31,35)36/h2-11,16,20H,12-15H2,1H3,(H2,31,35,36). The van der Waals surface area contributed by atoms with E-state index in [1.54, 1.807) is 16.2 Å². The number of carbonyl (C=O) groups excluding carboxylic acids is 1. The summed E-state index contributed by atoms with van der Waals surface area (Å²) in [6.45, 7) is 3.13. The Labute approximate surface area is 236 Å². The van der Waals surface area contributed by atoms with Crippen LogP contribution in [0.15, 0.2) is 71.6 Å². The summed E-state index contributed by atoms with van der Waals surface area (Å²) in [6, 6.07) is 20.3. The van der Waals surface area contributed by atoms with Gasteiger partial charge >= 0.3 is 0 Å². The topological polar surface area (TPSA) is 93.4 Å². The van der Waals surface area contributed by atoms with E-state index in [4.69, 9.17) is 33.3 Å². The van der Waals surface area contributed by atoms with Crippen molar-refractivity contribution in [3.05, 3.63) is 92.9 Å². The number of nitrogens with two attached hydrogens (primary N) is 1. The minimum absolute atomic E-state index is 0.00704. The molecule has 1 saturated heterocycles. The average molecular weight is 587 g/mol. The number of amides is 1. The fourth-order valence-electron chi connectivity index (χ4n) is 4.58. The van der Waals surface area contributed by atoms with Gasteiger partial charge in [-0.2, -0.15) is 0 Å². The Kier molecular flexibility index (Phi) is 7.62. The molecule has 1 aromatic heterocycles. The molecule has 2 N–H and O–H groups in total. The first-order valence-corrected chi connectivity index (χ1v) is 15.2. The molecule has 196 valence electrons. The number of benzene rings is 3. The maximum atomic E-state index is 13.1. The van der Waals surface area contributed by atoms with Gasteiger partial charge in [-0.15, -0.1) is 11.3 Å². The number of aryl methyl sites for hydroxylation is 1. The molecule has 38 heavy (non-hydrogen) atoms. The summed E-state index contributed by atoms with van der Waals surface area (Å²) in [4.78, 5) is 20.8. The lowest BCUT2D eigenvalue weighted by molar-refractivity contribution is 0.0712. The zero-order valence-corrected chi connectivity index (χ0v) is 23.7. The van der Waals surface area contributed by atoms with E-state index in [9.17, 15) is 13.2 Å². The van der Waals surface area contributed by atoms with Crippen molar-refractivity contribution >= 4 is 50.5 Å². The molecule has 1 aliphatic heterocycles. The van der Waals surface area contributed by atoms with E-state index in [-0.39, 0.29) is 27.3 Å². The summed E-state index contributed by atoms with van der Waals surface area (Å²) in [5.74, 6) is -0.0362. The molecule has 0 bridgehead atoms. The van der Waals surface area contributed by atoms with Crippen molar-refractivity contribution in [1.82, 2.24) is 9.88 Å². The zero-order valence-electron chi connectivity index (χ0n) is 20.5. The largest absolute Gasteiger partial charge is 0.339 e. The number of hydrogen-bond acceptors (Lipinski definition) is 5. The number of sulfonamides is 1. The second-order valence-electron chi connectivity index (χ2n) is 9.36. The second kappa shape index (κ2) is 10.8. The summed E-state index contributed by atoms with van der Waals surface area (Å²) in [6.07, 6.45) is 1.50. The summed E-state index contributed by atoms with van der Waals surface area (Å²) in [5.41, 5.74) is 4.50. The van der Waals surface area contributed by atoms with Crippen LogP contribution in [0.4, 0.5) is 0 Å². The third kappa shape index (κ3) is 5.65. The number of halogens is 2. The smallest absolute Gasteiger partial charge is 0.253 e. The number of likely N-dealkylation sites (tertiary alicyclic amines) is 1. The van der Waals surface area contributed by atoms with Gasteiger partial charge in [0.25, 0.3) is 5.91 Å². The van der Waals surface area contributed by atoms with Crippen LogP contribution in [0, 0.1) is 6.92 Å². The molecule has 1 fully saturated rings. The van der Waals surface area contributed by atoms with Crippen LogP contribution in [-0.2, 0) is 10.0 Å². The Bertz CT molecular complexity index is 1530. The first kappa shape index (κ1) is 26.8. The van der Waals surface area contributed by atoms with Crippen LogP contribution in [0.1, 0.15) is 39.7 Å². The fraction of sp³-hybridized carbons (Fsp3) is 0.214. The van der Waals surface area contributed by atoms with Crippen LogP contribution >= 0.6 is 34.5 Å². The van der Waals surface area contributed by atoms with E-state index in [0.29, 0.717) is 18.1 Å². The van der Waals surface area contributed by atoms with Gasteiger partial charge < -0.3 is 4.90 Å². The molecule has 1 amide bonds. The van der Waals surface area contributed by atoms with Gasteiger partial charge in [-0.05, 0) is 55.7 Å². The van der Waals surface area contributed by atoms with Crippen molar-refractivity contribution in [3.8, 4) is 21.7 Å². The Balaban J connectivity index is 1.38. The van der Waals surface area contributed by atoms with Crippen molar-refractivity contribution in [3.63, 3.8) is 0 Å². The Morgan fingerprint density at radius 3 is 2.24 bits per heavy atom. The monoisotopic (exact) mass is 585 g/mol. The van der Waals surface area contributed by atoms with Gasteiger partial charge in [-0.1, -0.05) is 65.2 Å². The third-order valence-corrected chi connectivity index (χ3v) is 9.60. The van der Waals surface area contributed by atoms with E-state index in [1.807, 2.05) is 24.3 Å². The summed E-state index contributed by atoms with van der Waals surface area (Å²) in [5, 5.41) is 6.96. The van der Waals surface area contributed by atoms with Gasteiger partial charge in [0.2, 0.25) is 10.0 Å². The van der Waals surface area contributed by atoms with E-state index in [1.165, 1.54) is 23.8 Å². The van der Waals surface area contributed by atoms with E-state index in [0.717, 1.165) is 39.5 Å². The number of piperidine rings is 1. The highest BCUT2D eigenvalue weighted by atomic mass is 35.5. The first-order chi connectivity index (χ1) is 18.1. The Hall–Kier alpha value is -2.75. The number of carbonyl (C=O) groups is 1. The Morgan fingerprint density at radius 1 is 0.974 bits per heavy atom. The maximum Gasteiger partial charge on any atom is 0.253 e. The normalized spacial score (nSPS) is 14.6. The molecular weight excluding hydrogens is 561 g/mol. The lowest BCUT2D eigenvalue weighted by Crippen LogP contribution is -2.38. The van der Waals surface area contributed by atoms with Crippen molar-refractivity contribution in [2.45, 2.75) is 30.6 Å². The van der Waals surface area contributed by atoms with Gasteiger partial charge in [-0.25, -0.2) is 18.5 Å². The van der Waals surface area contributed by atoms with Crippen LogP contribution in [0.5, 0.6) is 0 Å². The number of primary sulfonamides is 1. The molecule has 3 aromatic carbocycles. The van der Waals surface area contributed by atoms with E-state index in [2.05, 4.69) is 31.2 Å². The molecule has 5 rings (SSSR count). The molecule has 0 radical (unpaired) electrons. The summed E-state index contributed by atoms with van der Waals surface area (Å²) < 4.78 is 23.7. The maximum absolute atomic E-state index is 13.1. The molecular formula is C28H25Cl2N3O3S2. The van der Waals surface area contributed by atoms with Gasteiger partial charge in [0.05, 0.1) is 20.6 Å². The molecule has 2 heterocycles. The predicted molar refractivity (Wildman–Crippen MR) is 153 cm³/mol. The van der Waals surface area contributed by atoms with Crippen molar-refractivity contribution < 1.29 is 13.2 Å². The zero-order chi connectivity index (χ0) is 27.0. The van der Waals surface area contributed by atoms with E-state index < -0.39 is 10.0 Å². The van der Waals surface area contributed by atoms with Crippen LogP contribution in [0.25, 0.3) is 21.7 Å². The highest BCUT2D eigenvalue weighted by Crippen LogP contribution is 2.42. The lowest BCUT2D eigenvalue weighted by Gasteiger charge is -2.31. The van der Waals surface area contributed by atoms with Crippen molar-refractivity contribution in [2.24, 2.45) is 5.14 Å². The molecule has 0 unspecified atom stereocenters. The highest BCUT2D eigenvalue weighted by molar-refractivity contribution is 7.89. The van der Waals surface area contributed by atoms with Crippen LogP contribution in [0.3, 0.4) is 0 Å². The van der Waals surface area contributed by atoms with Crippen LogP contribution < -0.4 is 5.14 Å². The molecule has 4 aromatic rings. The van der Waals surface area contributed by atoms with Crippen LogP contribution in [0.2, 0.25) is 10.0 Å². The lowest BCUT2D eigenvalue weighted by atomic mass is 9.97. The minimum Gasteiger partial charge on any atom is -0.339 e. The molecule has 1 aliphatic rings. The average Bonchev–Trinajstić information content (AvgIpc) is 3.34. The van der Waals surface area contributed by atoms with Crippen molar-refractivity contribution in [2.75, 3.05) is 13.1 Å². The fourth-order valence-corrected chi connectivity index (χ4v) is 7.04. The molecule has 0 saturated carbocycles. The highest BCUT2D eigenvalue weighted by Gasteiger charge is 2.29. The third-order valence-electron chi connectivity index (χ3n) is 6.69. The molecule has 0 atom stereocenters. The molecule has 0 aliphatic carbocycles. The van der Waals surface area contributed by atoms with Crippen LogP contribution in [-0.4, -0.2) is 37.3 Å². The molecule has 0 spiro atoms. The second-order valence-corrected chi connectivity index (χ2v) is 12.8. The quantitative estimate of drug-likeness (QED) is 0.280. The van der Waals surface area contributed by atoms with E-state index >= 15 is 0 Å². The molecule has 10 heteroatoms. The number of nitrogens with zero attached hydrogens (tertiary/aromatic N) is 2. The summed E-state index contributed by atoms with van der Waals surface area (Å²) >= 11 is 13.8. The predicted octanol–water partition coefficient (Wildman–Crippen LogP) is 6.76. The number of aromatic nitrogens is 1. The van der Waals surface area contributed by atoms with Gasteiger partial charge in [-0.3, -0.25) is 4.79 Å². The van der Waals surface area contributed by atoms with Gasteiger partial charge in [0.1, 0.15) is 4.90 Å². The SMILES string of the molecule is Cc1ccc(-c2sc(C3CCN(C(=O)c4ccc(Cl)c(S(N)(=O)=O)c4)CC3)nc2-c2ccc(Cl)cc2)cc1. The molecule has 6 nitrogen and oxygen atoms in total. The number of thiazole rings is 1. The first-order valence-electron chi connectivity index (χ1n) is 12.1.